The molecule has 1 heterocycles. The number of amides is 1. The van der Waals surface area contributed by atoms with E-state index in [2.05, 4.69) is 5.32 Å². The number of non-ortho nitro benzene ring substituents is 1. The third-order valence-electron chi connectivity index (χ3n) is 3.66. The van der Waals surface area contributed by atoms with Crippen molar-refractivity contribution in [3.05, 3.63) is 56.4 Å². The lowest BCUT2D eigenvalue weighted by Crippen LogP contribution is -2.10. The summed E-state index contributed by atoms with van der Waals surface area (Å²) in [6.45, 7) is 1.32. The Balaban J connectivity index is 2.27. The fraction of sp³-hybridized carbons (Fsp3) is 0.111. The van der Waals surface area contributed by atoms with E-state index >= 15 is 0 Å². The van der Waals surface area contributed by atoms with Gasteiger partial charge in [-0.25, -0.2) is 4.79 Å². The van der Waals surface area contributed by atoms with Crippen LogP contribution in [0.25, 0.3) is 10.1 Å². The number of nitro groups is 1. The summed E-state index contributed by atoms with van der Waals surface area (Å²) in [5, 5.41) is 15.2. The number of nitrogens with one attached hydrogen (secondary N) is 1. The number of methoxy groups -OCH3 is 1. The first kappa shape index (κ1) is 20.1. The van der Waals surface area contributed by atoms with Gasteiger partial charge in [-0.15, -0.1) is 11.3 Å². The molecule has 2 aromatic carbocycles. The maximum Gasteiger partial charge on any atom is 0.350 e. The first-order valence-electron chi connectivity index (χ1n) is 7.84. The second-order valence-electron chi connectivity index (χ2n) is 5.61. The smallest absolute Gasteiger partial charge is 0.350 e. The molecule has 0 atom stereocenters. The highest BCUT2D eigenvalue weighted by molar-refractivity contribution is 7.99. The molecule has 0 aliphatic carbocycles. The lowest BCUT2D eigenvalue weighted by atomic mass is 10.2. The van der Waals surface area contributed by atoms with Crippen molar-refractivity contribution in [2.24, 2.45) is 0 Å². The van der Waals surface area contributed by atoms with Crippen molar-refractivity contribution in [2.45, 2.75) is 16.7 Å². The quantitative estimate of drug-likeness (QED) is 0.328. The Morgan fingerprint density at radius 2 is 1.93 bits per heavy atom. The maximum absolute atomic E-state index is 12.2. The zero-order valence-electron chi connectivity index (χ0n) is 14.6. The summed E-state index contributed by atoms with van der Waals surface area (Å²) >= 11 is 8.22. The van der Waals surface area contributed by atoms with Crippen molar-refractivity contribution in [3.8, 4) is 0 Å². The van der Waals surface area contributed by atoms with Gasteiger partial charge in [0.2, 0.25) is 5.91 Å². The van der Waals surface area contributed by atoms with Crippen LogP contribution in [-0.2, 0) is 9.53 Å². The molecule has 0 bridgehead atoms. The predicted octanol–water partition coefficient (Wildman–Crippen LogP) is 5.36. The molecule has 0 fully saturated rings. The van der Waals surface area contributed by atoms with E-state index in [1.807, 2.05) is 0 Å². The first-order chi connectivity index (χ1) is 13.3. The predicted molar refractivity (Wildman–Crippen MR) is 110 cm³/mol. The number of anilines is 1. The first-order valence-corrected chi connectivity index (χ1v) is 9.85. The molecule has 0 unspecified atom stereocenters. The number of nitro benzene ring substituents is 1. The normalized spacial score (nSPS) is 10.7. The highest BCUT2D eigenvalue weighted by atomic mass is 35.5. The number of benzene rings is 2. The molecule has 0 radical (unpaired) electrons. The molecule has 1 aromatic heterocycles. The standard InChI is InChI=1S/C18H13ClN2O5S2/c1-9(22)20-16-15-13(27-12-5-3-10(19)4-6-12)7-11(21(24)25)8-14(15)28-17(16)18(23)26-2/h3-8H,1-2H3,(H,20,22). The maximum atomic E-state index is 12.2. The van der Waals surface area contributed by atoms with Gasteiger partial charge in [0.05, 0.1) is 17.7 Å². The van der Waals surface area contributed by atoms with E-state index in [-0.39, 0.29) is 22.2 Å². The summed E-state index contributed by atoms with van der Waals surface area (Å²) in [4.78, 5) is 36.3. The van der Waals surface area contributed by atoms with Gasteiger partial charge in [0, 0.05) is 44.0 Å². The summed E-state index contributed by atoms with van der Waals surface area (Å²) in [5.74, 6) is -0.999. The molecule has 0 aliphatic heterocycles. The van der Waals surface area contributed by atoms with Crippen LogP contribution >= 0.6 is 34.7 Å². The number of esters is 1. The highest BCUT2D eigenvalue weighted by Gasteiger charge is 2.25. The van der Waals surface area contributed by atoms with E-state index in [4.69, 9.17) is 16.3 Å². The van der Waals surface area contributed by atoms with Crippen LogP contribution in [-0.4, -0.2) is 23.9 Å². The van der Waals surface area contributed by atoms with Crippen LogP contribution in [0.15, 0.2) is 46.2 Å². The zero-order valence-corrected chi connectivity index (χ0v) is 17.0. The average molecular weight is 437 g/mol. The Bertz CT molecular complexity index is 1100. The van der Waals surface area contributed by atoms with Crippen LogP contribution < -0.4 is 5.32 Å². The van der Waals surface area contributed by atoms with Crippen LogP contribution in [0, 0.1) is 10.1 Å². The van der Waals surface area contributed by atoms with Gasteiger partial charge in [0.1, 0.15) is 4.88 Å². The Labute approximate surface area is 172 Å². The fourth-order valence-electron chi connectivity index (χ4n) is 2.52. The van der Waals surface area contributed by atoms with E-state index in [1.165, 1.54) is 37.9 Å². The second kappa shape index (κ2) is 8.17. The highest BCUT2D eigenvalue weighted by Crippen LogP contribution is 2.45. The lowest BCUT2D eigenvalue weighted by Gasteiger charge is -2.08. The molecular weight excluding hydrogens is 424 g/mol. The fourth-order valence-corrected chi connectivity index (χ4v) is 4.87. The Hall–Kier alpha value is -2.62. The number of hydrogen-bond donors (Lipinski definition) is 1. The molecule has 1 N–H and O–H groups in total. The number of fused-ring (bicyclic) bond motifs is 1. The Morgan fingerprint density at radius 3 is 2.50 bits per heavy atom. The third-order valence-corrected chi connectivity index (χ3v) is 6.08. The van der Waals surface area contributed by atoms with E-state index in [9.17, 15) is 19.7 Å². The molecule has 10 heteroatoms. The summed E-state index contributed by atoms with van der Waals surface area (Å²) in [6.07, 6.45) is 0. The van der Waals surface area contributed by atoms with Crippen molar-refractivity contribution >= 4 is 68.0 Å². The number of thiophene rings is 1. The minimum absolute atomic E-state index is 0.115. The third kappa shape index (κ3) is 4.11. The lowest BCUT2D eigenvalue weighted by molar-refractivity contribution is -0.384. The van der Waals surface area contributed by atoms with E-state index in [1.54, 1.807) is 24.3 Å². The van der Waals surface area contributed by atoms with Crippen molar-refractivity contribution in [1.82, 2.24) is 0 Å². The number of carbonyl (C=O) groups excluding carboxylic acids is 2. The molecule has 28 heavy (non-hydrogen) atoms. The minimum Gasteiger partial charge on any atom is -0.465 e. The van der Waals surface area contributed by atoms with Crippen LogP contribution in [0.2, 0.25) is 5.02 Å². The summed E-state index contributed by atoms with van der Waals surface area (Å²) < 4.78 is 5.30. The summed E-state index contributed by atoms with van der Waals surface area (Å²) in [5.41, 5.74) is 0.168. The van der Waals surface area contributed by atoms with Crippen LogP contribution in [0.5, 0.6) is 0 Å². The molecule has 0 spiro atoms. The molecule has 3 aromatic rings. The van der Waals surface area contributed by atoms with Gasteiger partial charge < -0.3 is 10.1 Å². The number of nitrogens with zero attached hydrogens (tertiary/aromatic N) is 1. The van der Waals surface area contributed by atoms with Gasteiger partial charge in [0.25, 0.3) is 5.69 Å². The molecular formula is C18H13ClN2O5S2. The summed E-state index contributed by atoms with van der Waals surface area (Å²) in [6, 6.07) is 9.78. The summed E-state index contributed by atoms with van der Waals surface area (Å²) in [7, 11) is 1.23. The van der Waals surface area contributed by atoms with Gasteiger partial charge >= 0.3 is 5.97 Å². The largest absolute Gasteiger partial charge is 0.465 e. The topological polar surface area (TPSA) is 98.5 Å². The Morgan fingerprint density at radius 1 is 1.25 bits per heavy atom. The molecule has 0 aliphatic rings. The molecule has 7 nitrogen and oxygen atoms in total. The number of halogens is 1. The molecule has 1 amide bonds. The van der Waals surface area contributed by atoms with Crippen molar-refractivity contribution < 1.29 is 19.2 Å². The van der Waals surface area contributed by atoms with Crippen LogP contribution in [0.1, 0.15) is 16.6 Å². The zero-order chi connectivity index (χ0) is 20.4. The van der Waals surface area contributed by atoms with Crippen LogP contribution in [0.4, 0.5) is 11.4 Å². The van der Waals surface area contributed by atoms with Gasteiger partial charge in [-0.05, 0) is 24.3 Å². The van der Waals surface area contributed by atoms with E-state index < -0.39 is 10.9 Å². The van der Waals surface area contributed by atoms with Gasteiger partial charge in [-0.1, -0.05) is 23.4 Å². The molecule has 0 saturated heterocycles. The monoisotopic (exact) mass is 436 g/mol. The minimum atomic E-state index is -0.630. The van der Waals surface area contributed by atoms with Crippen LogP contribution in [0.3, 0.4) is 0 Å². The average Bonchev–Trinajstić information content (AvgIpc) is 3.01. The second-order valence-corrected chi connectivity index (χ2v) is 8.21. The van der Waals surface area contributed by atoms with Crippen molar-refractivity contribution in [3.63, 3.8) is 0 Å². The number of hydrogen-bond acceptors (Lipinski definition) is 7. The SMILES string of the molecule is COC(=O)c1sc2cc([N+](=O)[O-])cc(Sc3ccc(Cl)cc3)c2c1NC(C)=O. The molecule has 144 valence electrons. The van der Waals surface area contributed by atoms with Gasteiger partial charge in [-0.2, -0.15) is 0 Å². The Kier molecular flexibility index (Phi) is 5.87. The van der Waals surface area contributed by atoms with Crippen molar-refractivity contribution in [1.29, 1.82) is 0 Å². The van der Waals surface area contributed by atoms with E-state index in [0.717, 1.165) is 16.2 Å². The van der Waals surface area contributed by atoms with Gasteiger partial charge in [0.15, 0.2) is 0 Å². The van der Waals surface area contributed by atoms with Crippen molar-refractivity contribution in [2.75, 3.05) is 12.4 Å². The molecule has 3 rings (SSSR count). The number of ether oxygens (including phenoxy) is 1. The number of carbonyl (C=O) groups is 2. The van der Waals surface area contributed by atoms with E-state index in [0.29, 0.717) is 20.0 Å². The van der Waals surface area contributed by atoms with Gasteiger partial charge in [-0.3, -0.25) is 14.9 Å². The number of rotatable bonds is 5. The molecule has 0 saturated carbocycles.